The Morgan fingerprint density at radius 1 is 1.48 bits per heavy atom. The number of pyridine rings is 1. The summed E-state index contributed by atoms with van der Waals surface area (Å²) in [4.78, 5) is 19.0. The van der Waals surface area contributed by atoms with Gasteiger partial charge in [-0.2, -0.15) is 0 Å². The summed E-state index contributed by atoms with van der Waals surface area (Å²) in [5, 5.41) is 3.20. The average molecular weight is 319 g/mol. The molecule has 1 saturated heterocycles. The number of carbonyl (C=O) groups excluding carboxylic acids is 1. The third-order valence-corrected chi connectivity index (χ3v) is 4.80. The van der Waals surface area contributed by atoms with Crippen molar-refractivity contribution in [1.29, 1.82) is 0 Å². The first-order valence-electron chi connectivity index (χ1n) is 8.31. The molecule has 0 aliphatic carbocycles. The van der Waals surface area contributed by atoms with Crippen molar-refractivity contribution in [2.75, 3.05) is 20.2 Å². The van der Waals surface area contributed by atoms with E-state index in [1.807, 2.05) is 12.3 Å². The summed E-state index contributed by atoms with van der Waals surface area (Å²) in [6, 6.07) is 4.22. The Balaban J connectivity index is 2.02. The first-order chi connectivity index (χ1) is 10.8. The molecule has 1 aliphatic rings. The highest BCUT2D eigenvalue weighted by molar-refractivity contribution is 5.84. The molecule has 1 N–H and O–H groups in total. The van der Waals surface area contributed by atoms with Gasteiger partial charge in [0.05, 0.1) is 0 Å². The maximum Gasteiger partial charge on any atom is 0.251 e. The van der Waals surface area contributed by atoms with E-state index >= 15 is 0 Å². The van der Waals surface area contributed by atoms with E-state index in [0.717, 1.165) is 19.6 Å². The van der Waals surface area contributed by atoms with Crippen molar-refractivity contribution < 1.29 is 9.53 Å². The van der Waals surface area contributed by atoms with E-state index in [2.05, 4.69) is 35.1 Å². The zero-order valence-electron chi connectivity index (χ0n) is 14.9. The molecule has 0 spiro atoms. The first-order valence-corrected chi connectivity index (χ1v) is 8.31. The van der Waals surface area contributed by atoms with E-state index in [0.29, 0.717) is 11.8 Å². The lowest BCUT2D eigenvalue weighted by molar-refractivity contribution is -0.140. The average Bonchev–Trinajstić information content (AvgIpc) is 2.91. The van der Waals surface area contributed by atoms with E-state index in [1.54, 1.807) is 27.2 Å². The van der Waals surface area contributed by atoms with Crippen molar-refractivity contribution in [1.82, 2.24) is 15.2 Å². The standard InChI is InChI=1S/C18H29N3O2/c1-13(2)15-11-21(10-14-7-6-8-19-9-14)12-16(15)20-17(22)18(3,4)23-5/h6-9,13,15-16H,10-12H2,1-5H3,(H,20,22)/t15-,16+/m1/s1. The highest BCUT2D eigenvalue weighted by Crippen LogP contribution is 2.26. The number of nitrogens with one attached hydrogen (secondary N) is 1. The van der Waals surface area contributed by atoms with Crippen molar-refractivity contribution in [3.8, 4) is 0 Å². The number of rotatable bonds is 6. The number of nitrogens with zero attached hydrogens (tertiary/aromatic N) is 2. The van der Waals surface area contributed by atoms with Crippen molar-refractivity contribution in [3.63, 3.8) is 0 Å². The molecule has 5 heteroatoms. The van der Waals surface area contributed by atoms with E-state index in [9.17, 15) is 4.79 Å². The smallest absolute Gasteiger partial charge is 0.251 e. The van der Waals surface area contributed by atoms with Gasteiger partial charge in [0, 0.05) is 45.2 Å². The van der Waals surface area contributed by atoms with Crippen LogP contribution in [0.5, 0.6) is 0 Å². The minimum atomic E-state index is -0.793. The summed E-state index contributed by atoms with van der Waals surface area (Å²) < 4.78 is 5.29. The SMILES string of the molecule is COC(C)(C)C(=O)N[C@H]1CN(Cc2cccnc2)C[C@@H]1C(C)C. The molecule has 2 atom stereocenters. The topological polar surface area (TPSA) is 54.5 Å². The summed E-state index contributed by atoms with van der Waals surface area (Å²) in [5.74, 6) is 0.923. The molecule has 0 bridgehead atoms. The van der Waals surface area contributed by atoms with Crippen LogP contribution in [0, 0.1) is 11.8 Å². The fraction of sp³-hybridized carbons (Fsp3) is 0.667. The Hall–Kier alpha value is -1.46. The molecule has 5 nitrogen and oxygen atoms in total. The van der Waals surface area contributed by atoms with Crippen LogP contribution in [0.1, 0.15) is 33.3 Å². The lowest BCUT2D eigenvalue weighted by Gasteiger charge is -2.28. The Morgan fingerprint density at radius 2 is 2.22 bits per heavy atom. The molecule has 0 radical (unpaired) electrons. The van der Waals surface area contributed by atoms with Crippen LogP contribution in [0.3, 0.4) is 0 Å². The quantitative estimate of drug-likeness (QED) is 0.872. The predicted molar refractivity (Wildman–Crippen MR) is 90.9 cm³/mol. The lowest BCUT2D eigenvalue weighted by Crippen LogP contribution is -2.51. The number of amides is 1. The van der Waals surface area contributed by atoms with E-state index < -0.39 is 5.60 Å². The second-order valence-electron chi connectivity index (χ2n) is 7.26. The van der Waals surface area contributed by atoms with Crippen LogP contribution < -0.4 is 5.32 Å². The molecule has 1 fully saturated rings. The third kappa shape index (κ3) is 4.52. The zero-order chi connectivity index (χ0) is 17.0. The molecule has 0 unspecified atom stereocenters. The number of hydrogen-bond donors (Lipinski definition) is 1. The summed E-state index contributed by atoms with van der Waals surface area (Å²) in [6.07, 6.45) is 3.70. The second-order valence-corrected chi connectivity index (χ2v) is 7.26. The number of hydrogen-bond acceptors (Lipinski definition) is 4. The molecule has 1 aromatic heterocycles. The molecule has 0 aromatic carbocycles. The Kier molecular flexibility index (Phi) is 5.76. The monoisotopic (exact) mass is 319 g/mol. The van der Waals surface area contributed by atoms with Crippen LogP contribution in [-0.4, -0.2) is 47.6 Å². The summed E-state index contributed by atoms with van der Waals surface area (Å²) >= 11 is 0. The van der Waals surface area contributed by atoms with Crippen molar-refractivity contribution >= 4 is 5.91 Å². The van der Waals surface area contributed by atoms with Crippen molar-refractivity contribution in [2.24, 2.45) is 11.8 Å². The van der Waals surface area contributed by atoms with E-state index in [4.69, 9.17) is 4.74 Å². The lowest BCUT2D eigenvalue weighted by atomic mass is 9.91. The van der Waals surface area contributed by atoms with Crippen LogP contribution in [-0.2, 0) is 16.1 Å². The zero-order valence-corrected chi connectivity index (χ0v) is 14.9. The van der Waals surface area contributed by atoms with Crippen LogP contribution >= 0.6 is 0 Å². The second kappa shape index (κ2) is 7.41. The summed E-state index contributed by atoms with van der Waals surface area (Å²) in [5.41, 5.74) is 0.414. The Labute approximate surface area is 139 Å². The number of methoxy groups -OCH3 is 1. The van der Waals surface area contributed by atoms with Crippen LogP contribution in [0.15, 0.2) is 24.5 Å². The number of likely N-dealkylation sites (tertiary alicyclic amines) is 1. The fourth-order valence-electron chi connectivity index (χ4n) is 3.06. The van der Waals surface area contributed by atoms with Gasteiger partial charge in [-0.3, -0.25) is 14.7 Å². The summed E-state index contributed by atoms with van der Waals surface area (Å²) in [7, 11) is 1.57. The van der Waals surface area contributed by atoms with Crippen molar-refractivity contribution in [3.05, 3.63) is 30.1 Å². The van der Waals surface area contributed by atoms with Gasteiger partial charge in [-0.15, -0.1) is 0 Å². The van der Waals surface area contributed by atoms with Gasteiger partial charge in [-0.1, -0.05) is 19.9 Å². The largest absolute Gasteiger partial charge is 0.369 e. The maximum atomic E-state index is 12.4. The molecule has 1 amide bonds. The van der Waals surface area contributed by atoms with Gasteiger partial charge < -0.3 is 10.1 Å². The number of aromatic nitrogens is 1. The Bertz CT molecular complexity index is 516. The van der Waals surface area contributed by atoms with Gasteiger partial charge in [-0.25, -0.2) is 0 Å². The summed E-state index contributed by atoms with van der Waals surface area (Å²) in [6.45, 7) is 10.8. The fourth-order valence-corrected chi connectivity index (χ4v) is 3.06. The molecule has 1 aliphatic heterocycles. The number of ether oxygens (including phenoxy) is 1. The highest BCUT2D eigenvalue weighted by atomic mass is 16.5. The van der Waals surface area contributed by atoms with Gasteiger partial charge in [0.25, 0.3) is 5.91 Å². The molecule has 128 valence electrons. The molecule has 2 rings (SSSR count). The van der Waals surface area contributed by atoms with Gasteiger partial charge in [0.2, 0.25) is 0 Å². The normalized spacial score (nSPS) is 22.5. The minimum absolute atomic E-state index is 0.0427. The first kappa shape index (κ1) is 17.9. The third-order valence-electron chi connectivity index (χ3n) is 4.80. The molecule has 1 aromatic rings. The minimum Gasteiger partial charge on any atom is -0.369 e. The Morgan fingerprint density at radius 3 is 2.78 bits per heavy atom. The van der Waals surface area contributed by atoms with Gasteiger partial charge in [-0.05, 0) is 37.3 Å². The van der Waals surface area contributed by atoms with Crippen molar-refractivity contribution in [2.45, 2.75) is 45.9 Å². The molecular weight excluding hydrogens is 290 g/mol. The molecule has 2 heterocycles. The molecule has 0 saturated carbocycles. The maximum absolute atomic E-state index is 12.4. The van der Waals surface area contributed by atoms with Gasteiger partial charge in [0.15, 0.2) is 0 Å². The van der Waals surface area contributed by atoms with Crippen LogP contribution in [0.2, 0.25) is 0 Å². The van der Waals surface area contributed by atoms with Gasteiger partial charge in [0.1, 0.15) is 5.60 Å². The highest BCUT2D eigenvalue weighted by Gasteiger charge is 2.38. The molecule has 23 heavy (non-hydrogen) atoms. The number of carbonyl (C=O) groups is 1. The van der Waals surface area contributed by atoms with E-state index in [-0.39, 0.29) is 11.9 Å². The van der Waals surface area contributed by atoms with Crippen LogP contribution in [0.25, 0.3) is 0 Å². The predicted octanol–water partition coefficient (Wildman–Crippen LogP) is 2.08. The van der Waals surface area contributed by atoms with E-state index in [1.165, 1.54) is 5.56 Å². The van der Waals surface area contributed by atoms with Gasteiger partial charge >= 0.3 is 0 Å². The molecular formula is C18H29N3O2. The van der Waals surface area contributed by atoms with Crippen LogP contribution in [0.4, 0.5) is 0 Å².